The van der Waals surface area contributed by atoms with E-state index in [2.05, 4.69) is 15.5 Å². The van der Waals surface area contributed by atoms with E-state index in [1.807, 2.05) is 31.3 Å². The molecule has 1 saturated heterocycles. The van der Waals surface area contributed by atoms with Gasteiger partial charge >= 0.3 is 6.03 Å². The molecule has 0 atom stereocenters. The van der Waals surface area contributed by atoms with Crippen molar-refractivity contribution in [3.63, 3.8) is 0 Å². The van der Waals surface area contributed by atoms with E-state index in [1.54, 1.807) is 30.2 Å². The van der Waals surface area contributed by atoms with Crippen LogP contribution in [0.3, 0.4) is 0 Å². The van der Waals surface area contributed by atoms with E-state index in [-0.39, 0.29) is 11.9 Å². The number of hydrogen-bond donors (Lipinski definition) is 2. The number of benzene rings is 2. The Morgan fingerprint density at radius 3 is 2.69 bits per heavy atom. The van der Waals surface area contributed by atoms with Crippen LogP contribution in [-0.2, 0) is 0 Å². The van der Waals surface area contributed by atoms with Crippen molar-refractivity contribution in [1.29, 1.82) is 0 Å². The Labute approximate surface area is 174 Å². The average Bonchev–Trinajstić information content (AvgIpc) is 2.72. The van der Waals surface area contributed by atoms with Gasteiger partial charge in [0.2, 0.25) is 0 Å². The normalized spacial score (nSPS) is 17.6. The summed E-state index contributed by atoms with van der Waals surface area (Å²) in [6.07, 6.45) is 1.24. The van der Waals surface area contributed by atoms with Crippen LogP contribution in [0.25, 0.3) is 0 Å². The first kappa shape index (κ1) is 19.4. The summed E-state index contributed by atoms with van der Waals surface area (Å²) in [5, 5.41) is 6.65. The Kier molecular flexibility index (Phi) is 5.00. The van der Waals surface area contributed by atoms with Gasteiger partial charge in [-0.15, -0.1) is 0 Å². The van der Waals surface area contributed by atoms with Gasteiger partial charge < -0.3 is 25.2 Å². The molecule has 2 aliphatic heterocycles. The molecule has 29 heavy (non-hydrogen) atoms. The zero-order valence-corrected chi connectivity index (χ0v) is 17.1. The average molecular weight is 415 g/mol. The van der Waals surface area contributed by atoms with E-state index in [0.29, 0.717) is 48.0 Å². The van der Waals surface area contributed by atoms with Crippen molar-refractivity contribution in [3.8, 4) is 5.75 Å². The number of rotatable bonds is 2. The van der Waals surface area contributed by atoms with Crippen molar-refractivity contribution >= 4 is 34.9 Å². The zero-order chi connectivity index (χ0) is 20.6. The number of carbonyl (C=O) groups is 2. The molecule has 0 unspecified atom stereocenters. The monoisotopic (exact) mass is 414 g/mol. The van der Waals surface area contributed by atoms with Crippen molar-refractivity contribution in [1.82, 2.24) is 10.2 Å². The number of amides is 3. The largest absolute Gasteiger partial charge is 0.497 e. The maximum absolute atomic E-state index is 12.7. The zero-order valence-electron chi connectivity index (χ0n) is 16.4. The highest BCUT2D eigenvalue weighted by atomic mass is 35.5. The van der Waals surface area contributed by atoms with E-state index in [1.165, 1.54) is 0 Å². The molecule has 2 N–H and O–H groups in total. The van der Waals surface area contributed by atoms with Crippen molar-refractivity contribution in [2.24, 2.45) is 0 Å². The van der Waals surface area contributed by atoms with Crippen LogP contribution in [0.1, 0.15) is 23.2 Å². The fraction of sp³-hybridized carbons (Fsp3) is 0.333. The summed E-state index contributed by atoms with van der Waals surface area (Å²) >= 11 is 6.15. The SMILES string of the molecule is COc1cccc(NC(=O)N2CCC3(CC2)NC(=O)c2ccc(Cl)cc2N3C)c1. The Bertz CT molecular complexity index is 957. The summed E-state index contributed by atoms with van der Waals surface area (Å²) in [6.45, 7) is 1.05. The summed E-state index contributed by atoms with van der Waals surface area (Å²) in [6, 6.07) is 12.4. The van der Waals surface area contributed by atoms with Crippen molar-refractivity contribution in [2.75, 3.05) is 37.5 Å². The molecule has 3 amide bonds. The van der Waals surface area contributed by atoms with Crippen LogP contribution < -0.4 is 20.3 Å². The number of methoxy groups -OCH3 is 1. The number of piperidine rings is 1. The number of carbonyl (C=O) groups excluding carboxylic acids is 2. The standard InChI is InChI=1S/C21H23ClN4O3/c1-25-18-12-14(22)6-7-17(18)19(27)24-21(25)8-10-26(11-9-21)20(28)23-15-4-3-5-16(13-15)29-2/h3-7,12-13H,8-11H2,1-2H3,(H,23,28)(H,24,27). The predicted octanol–water partition coefficient (Wildman–Crippen LogP) is 3.55. The van der Waals surface area contributed by atoms with E-state index in [4.69, 9.17) is 16.3 Å². The van der Waals surface area contributed by atoms with Gasteiger partial charge in [-0.25, -0.2) is 4.79 Å². The first-order valence-corrected chi connectivity index (χ1v) is 9.85. The Morgan fingerprint density at radius 1 is 1.21 bits per heavy atom. The van der Waals surface area contributed by atoms with Crippen LogP contribution >= 0.6 is 11.6 Å². The van der Waals surface area contributed by atoms with Gasteiger partial charge in [0.25, 0.3) is 5.91 Å². The Morgan fingerprint density at radius 2 is 1.97 bits per heavy atom. The molecule has 0 bridgehead atoms. The molecular weight excluding hydrogens is 392 g/mol. The number of halogens is 1. The summed E-state index contributed by atoms with van der Waals surface area (Å²) in [4.78, 5) is 29.2. The first-order valence-electron chi connectivity index (χ1n) is 9.48. The minimum atomic E-state index is -0.526. The molecule has 152 valence electrons. The third-order valence-corrected chi connectivity index (χ3v) is 5.99. The molecule has 0 aromatic heterocycles. The summed E-state index contributed by atoms with van der Waals surface area (Å²) in [5.41, 5.74) is 1.58. The summed E-state index contributed by atoms with van der Waals surface area (Å²) in [5.74, 6) is 0.577. The molecule has 1 fully saturated rings. The number of urea groups is 1. The molecular formula is C21H23ClN4O3. The van der Waals surface area contributed by atoms with Gasteiger partial charge in [0.05, 0.1) is 18.4 Å². The highest BCUT2D eigenvalue weighted by Crippen LogP contribution is 2.37. The van der Waals surface area contributed by atoms with E-state index >= 15 is 0 Å². The maximum Gasteiger partial charge on any atom is 0.321 e. The van der Waals surface area contributed by atoms with Crippen LogP contribution in [0.5, 0.6) is 5.75 Å². The molecule has 0 aliphatic carbocycles. The topological polar surface area (TPSA) is 73.9 Å². The maximum atomic E-state index is 12.7. The number of hydrogen-bond acceptors (Lipinski definition) is 4. The molecule has 1 spiro atoms. The lowest BCUT2D eigenvalue weighted by Crippen LogP contribution is -2.67. The number of anilines is 2. The van der Waals surface area contributed by atoms with Gasteiger partial charge in [-0.2, -0.15) is 0 Å². The molecule has 0 saturated carbocycles. The summed E-state index contributed by atoms with van der Waals surface area (Å²) < 4.78 is 5.20. The quantitative estimate of drug-likeness (QED) is 0.788. The lowest BCUT2D eigenvalue weighted by molar-refractivity contribution is 0.0815. The molecule has 8 heteroatoms. The lowest BCUT2D eigenvalue weighted by Gasteiger charge is -2.51. The third-order valence-electron chi connectivity index (χ3n) is 5.75. The number of nitrogens with one attached hydrogen (secondary N) is 2. The van der Waals surface area contributed by atoms with Gasteiger partial charge in [-0.1, -0.05) is 17.7 Å². The number of ether oxygens (including phenoxy) is 1. The minimum absolute atomic E-state index is 0.107. The van der Waals surface area contributed by atoms with E-state index in [0.717, 1.165) is 5.69 Å². The van der Waals surface area contributed by atoms with Gasteiger partial charge in [-0.3, -0.25) is 4.79 Å². The van der Waals surface area contributed by atoms with Crippen LogP contribution in [0.4, 0.5) is 16.2 Å². The van der Waals surface area contributed by atoms with Crippen molar-refractivity contribution in [3.05, 3.63) is 53.1 Å². The third kappa shape index (κ3) is 3.58. The van der Waals surface area contributed by atoms with Gasteiger partial charge in [-0.05, 0) is 30.3 Å². The van der Waals surface area contributed by atoms with Crippen LogP contribution in [0.2, 0.25) is 5.02 Å². The first-order chi connectivity index (χ1) is 13.9. The molecule has 2 aromatic carbocycles. The Balaban J connectivity index is 1.46. The summed E-state index contributed by atoms with van der Waals surface area (Å²) in [7, 11) is 3.55. The van der Waals surface area contributed by atoms with Gasteiger partial charge in [0, 0.05) is 49.8 Å². The highest BCUT2D eigenvalue weighted by Gasteiger charge is 2.44. The fourth-order valence-electron chi connectivity index (χ4n) is 4.01. The molecule has 7 nitrogen and oxygen atoms in total. The van der Waals surface area contributed by atoms with E-state index < -0.39 is 5.66 Å². The second-order valence-electron chi connectivity index (χ2n) is 7.36. The number of likely N-dealkylation sites (tertiary alicyclic amines) is 1. The second-order valence-corrected chi connectivity index (χ2v) is 7.79. The van der Waals surface area contributed by atoms with Crippen molar-refractivity contribution in [2.45, 2.75) is 18.5 Å². The Hall–Kier alpha value is -2.93. The van der Waals surface area contributed by atoms with E-state index in [9.17, 15) is 9.59 Å². The number of fused-ring (bicyclic) bond motifs is 1. The van der Waals surface area contributed by atoms with Gasteiger partial charge in [0.1, 0.15) is 11.4 Å². The molecule has 2 aromatic rings. The van der Waals surface area contributed by atoms with Crippen LogP contribution in [0.15, 0.2) is 42.5 Å². The minimum Gasteiger partial charge on any atom is -0.497 e. The van der Waals surface area contributed by atoms with Crippen LogP contribution in [-0.4, -0.2) is 49.7 Å². The second kappa shape index (κ2) is 7.48. The molecule has 0 radical (unpaired) electrons. The smallest absolute Gasteiger partial charge is 0.321 e. The molecule has 2 heterocycles. The molecule has 4 rings (SSSR count). The highest BCUT2D eigenvalue weighted by molar-refractivity contribution is 6.31. The van der Waals surface area contributed by atoms with Crippen molar-refractivity contribution < 1.29 is 14.3 Å². The van der Waals surface area contributed by atoms with Gasteiger partial charge in [0.15, 0.2) is 0 Å². The fourth-order valence-corrected chi connectivity index (χ4v) is 4.18. The number of nitrogens with zero attached hydrogens (tertiary/aromatic N) is 2. The lowest BCUT2D eigenvalue weighted by atomic mass is 9.90. The predicted molar refractivity (Wildman–Crippen MR) is 113 cm³/mol. The molecule has 2 aliphatic rings. The van der Waals surface area contributed by atoms with Crippen LogP contribution in [0, 0.1) is 0 Å².